The molecule has 0 bridgehead atoms. The van der Waals surface area contributed by atoms with Gasteiger partial charge in [-0.1, -0.05) is 226 Å². The number of carbonyl (C=O) groups is 1. The first-order valence-electron chi connectivity index (χ1n) is 21.8. The fourth-order valence-electron chi connectivity index (χ4n) is 7.05. The van der Waals surface area contributed by atoms with Crippen molar-refractivity contribution >= 4 is 16.0 Å². The second-order valence-corrected chi connectivity index (χ2v) is 17.0. The molecule has 7 nitrogen and oxygen atoms in total. The first-order valence-corrected chi connectivity index (χ1v) is 23.4. The monoisotopic (exact) mass is 732 g/mol. The van der Waals surface area contributed by atoms with E-state index >= 15 is 0 Å². The minimum atomic E-state index is -4.40. The highest BCUT2D eigenvalue weighted by molar-refractivity contribution is 7.85. The van der Waals surface area contributed by atoms with E-state index in [-0.39, 0.29) is 0 Å². The molecule has 300 valence electrons. The smallest absolute Gasteiger partial charge is 0.266 e. The van der Waals surface area contributed by atoms with Crippen LogP contribution >= 0.6 is 0 Å². The Kier molecular flexibility index (Phi) is 36.1. The lowest BCUT2D eigenvalue weighted by Gasteiger charge is -2.24. The van der Waals surface area contributed by atoms with Gasteiger partial charge in [0.15, 0.2) is 0 Å². The van der Waals surface area contributed by atoms with E-state index in [1.165, 1.54) is 167 Å². The predicted molar refractivity (Wildman–Crippen MR) is 213 cm³/mol. The van der Waals surface area contributed by atoms with Crippen LogP contribution in [-0.2, 0) is 14.9 Å². The summed E-state index contributed by atoms with van der Waals surface area (Å²) in [6.07, 6.45) is 39.8. The Balaban J connectivity index is 3.87. The van der Waals surface area contributed by atoms with Gasteiger partial charge in [-0.05, 0) is 12.8 Å². The van der Waals surface area contributed by atoms with Crippen LogP contribution < -0.4 is 5.32 Å². The van der Waals surface area contributed by atoms with Crippen molar-refractivity contribution in [3.05, 3.63) is 0 Å². The molecule has 0 fully saturated rings. The summed E-state index contributed by atoms with van der Waals surface area (Å²) in [6.45, 7) is 4.52. The van der Waals surface area contributed by atoms with Gasteiger partial charge in [-0.3, -0.25) is 9.35 Å². The van der Waals surface area contributed by atoms with Crippen molar-refractivity contribution in [2.45, 2.75) is 257 Å². The maximum Gasteiger partial charge on any atom is 0.266 e. The summed E-state index contributed by atoms with van der Waals surface area (Å²) in [4.78, 5) is 12.6. The molecule has 0 heterocycles. The van der Waals surface area contributed by atoms with E-state index < -0.39 is 40.0 Å². The number of hydrogen-bond donors (Lipinski definition) is 4. The Morgan fingerprint density at radius 1 is 0.460 bits per heavy atom. The van der Waals surface area contributed by atoms with E-state index in [2.05, 4.69) is 19.2 Å². The zero-order chi connectivity index (χ0) is 37.0. The van der Waals surface area contributed by atoms with Gasteiger partial charge in [0, 0.05) is 0 Å². The average molecular weight is 732 g/mol. The molecule has 0 saturated heterocycles. The van der Waals surface area contributed by atoms with Crippen molar-refractivity contribution < 1.29 is 28.0 Å². The van der Waals surface area contributed by atoms with E-state index in [9.17, 15) is 28.0 Å². The number of hydrogen-bond acceptors (Lipinski definition) is 5. The number of aliphatic hydroxyl groups excluding tert-OH is 2. The third-order valence-electron chi connectivity index (χ3n) is 10.4. The van der Waals surface area contributed by atoms with Crippen molar-refractivity contribution in [1.82, 2.24) is 5.32 Å². The summed E-state index contributed by atoms with van der Waals surface area (Å²) in [7, 11) is -4.40. The molecule has 50 heavy (non-hydrogen) atoms. The summed E-state index contributed by atoms with van der Waals surface area (Å²) < 4.78 is 32.6. The quantitative estimate of drug-likeness (QED) is 0.0367. The second-order valence-electron chi connectivity index (χ2n) is 15.5. The molecule has 0 spiro atoms. The molecule has 4 N–H and O–H groups in total. The van der Waals surface area contributed by atoms with Crippen LogP contribution in [0.4, 0.5) is 0 Å². The Bertz CT molecular complexity index is 823. The maximum absolute atomic E-state index is 12.6. The molecule has 0 aliphatic carbocycles. The summed E-state index contributed by atoms with van der Waals surface area (Å²) in [5, 5.41) is 23.6. The summed E-state index contributed by atoms with van der Waals surface area (Å²) in [5.74, 6) is -1.44. The fourth-order valence-corrected chi connectivity index (χ4v) is 7.81. The molecular formula is C42H85NO6S. The maximum atomic E-state index is 12.6. The molecule has 0 saturated carbocycles. The van der Waals surface area contributed by atoms with E-state index in [0.717, 1.165) is 44.9 Å². The second kappa shape index (κ2) is 36.6. The van der Waals surface area contributed by atoms with Crippen molar-refractivity contribution in [3.8, 4) is 0 Å². The van der Waals surface area contributed by atoms with E-state index in [1.807, 2.05) is 0 Å². The highest BCUT2D eigenvalue weighted by atomic mass is 32.2. The van der Waals surface area contributed by atoms with Gasteiger partial charge in [-0.25, -0.2) is 0 Å². The van der Waals surface area contributed by atoms with Crippen LogP contribution in [0.5, 0.6) is 0 Å². The van der Waals surface area contributed by atoms with E-state index in [0.29, 0.717) is 12.8 Å². The molecule has 3 atom stereocenters. The zero-order valence-electron chi connectivity index (χ0n) is 33.2. The van der Waals surface area contributed by atoms with Crippen molar-refractivity contribution in [3.63, 3.8) is 0 Å². The van der Waals surface area contributed by atoms with Crippen LogP contribution in [0.25, 0.3) is 0 Å². The summed E-state index contributed by atoms with van der Waals surface area (Å²) in [6, 6.07) is -1.14. The lowest BCUT2D eigenvalue weighted by atomic mass is 10.0. The summed E-state index contributed by atoms with van der Waals surface area (Å²) >= 11 is 0. The van der Waals surface area contributed by atoms with Crippen LogP contribution in [0.3, 0.4) is 0 Å². The van der Waals surface area contributed by atoms with Crippen LogP contribution in [0.15, 0.2) is 0 Å². The Labute approximate surface area is 311 Å². The summed E-state index contributed by atoms with van der Waals surface area (Å²) in [5.41, 5.74) is 0. The van der Waals surface area contributed by atoms with Crippen LogP contribution in [0.1, 0.15) is 239 Å². The van der Waals surface area contributed by atoms with Crippen molar-refractivity contribution in [1.29, 1.82) is 0 Å². The number of carbonyl (C=O) groups excluding carboxylic acids is 1. The minimum Gasteiger partial charge on any atom is -0.391 e. The van der Waals surface area contributed by atoms with Gasteiger partial charge in [-0.15, -0.1) is 0 Å². The Morgan fingerprint density at radius 2 is 0.720 bits per heavy atom. The molecule has 3 unspecified atom stereocenters. The third-order valence-corrected chi connectivity index (χ3v) is 11.2. The van der Waals surface area contributed by atoms with Gasteiger partial charge in [0.2, 0.25) is 5.91 Å². The van der Waals surface area contributed by atoms with Crippen molar-refractivity contribution in [2.24, 2.45) is 0 Å². The molecule has 0 rings (SSSR count). The van der Waals surface area contributed by atoms with Gasteiger partial charge in [0.1, 0.15) is 6.10 Å². The Hall–Kier alpha value is -0.700. The molecule has 0 aliphatic heterocycles. The topological polar surface area (TPSA) is 124 Å². The standard InChI is InChI=1S/C42H85NO6S/c1-3-5-7-9-11-13-15-17-18-19-20-21-22-23-25-27-29-31-33-35-37-41(45)42(46)43-39(38-50(47,48)49)40(44)36-34-32-30-28-26-24-16-14-12-10-8-6-4-2/h39-41,44-45H,3-38H2,1-2H3,(H,43,46)(H,47,48,49). The van der Waals surface area contributed by atoms with Gasteiger partial charge in [0.25, 0.3) is 10.1 Å². The fraction of sp³-hybridized carbons (Fsp3) is 0.976. The first-order chi connectivity index (χ1) is 24.2. The predicted octanol–water partition coefficient (Wildman–Crippen LogP) is 11.8. The van der Waals surface area contributed by atoms with Crippen LogP contribution in [0.2, 0.25) is 0 Å². The highest BCUT2D eigenvalue weighted by Crippen LogP contribution is 2.17. The highest BCUT2D eigenvalue weighted by Gasteiger charge is 2.28. The first kappa shape index (κ1) is 49.3. The molecule has 0 aromatic rings. The Morgan fingerprint density at radius 3 is 1.00 bits per heavy atom. The minimum absolute atomic E-state index is 0.304. The number of rotatable bonds is 40. The molecule has 0 aromatic carbocycles. The number of unbranched alkanes of at least 4 members (excludes halogenated alkanes) is 31. The molecule has 0 radical (unpaired) electrons. The lowest BCUT2D eigenvalue weighted by Crippen LogP contribution is -2.50. The molecular weight excluding hydrogens is 647 g/mol. The third kappa shape index (κ3) is 35.7. The van der Waals surface area contributed by atoms with Crippen LogP contribution in [-0.4, -0.2) is 53.1 Å². The largest absolute Gasteiger partial charge is 0.391 e. The molecule has 0 aliphatic rings. The molecule has 8 heteroatoms. The number of amides is 1. The average Bonchev–Trinajstić information content (AvgIpc) is 3.08. The molecule has 1 amide bonds. The van der Waals surface area contributed by atoms with Gasteiger partial charge in [-0.2, -0.15) is 8.42 Å². The SMILES string of the molecule is CCCCCCCCCCCCCCCCCCCCCCC(O)C(=O)NC(CS(=O)(=O)O)C(O)CCCCCCCCCCCCCCC. The molecule has 0 aromatic heterocycles. The number of nitrogens with one attached hydrogen (secondary N) is 1. The lowest BCUT2D eigenvalue weighted by molar-refractivity contribution is -0.131. The van der Waals surface area contributed by atoms with Gasteiger partial charge in [0.05, 0.1) is 17.9 Å². The van der Waals surface area contributed by atoms with E-state index in [4.69, 9.17) is 0 Å². The van der Waals surface area contributed by atoms with Gasteiger partial charge < -0.3 is 15.5 Å². The van der Waals surface area contributed by atoms with E-state index in [1.54, 1.807) is 0 Å². The normalized spacial score (nSPS) is 13.8. The zero-order valence-corrected chi connectivity index (χ0v) is 34.0. The van der Waals surface area contributed by atoms with Gasteiger partial charge >= 0.3 is 0 Å². The van der Waals surface area contributed by atoms with Crippen molar-refractivity contribution in [2.75, 3.05) is 5.75 Å². The number of aliphatic hydroxyl groups is 2. The van der Waals surface area contributed by atoms with Crippen LogP contribution in [0, 0.1) is 0 Å².